The first kappa shape index (κ1) is 14.8. The van der Waals surface area contributed by atoms with Crippen LogP contribution in [0.15, 0.2) is 0 Å². The van der Waals surface area contributed by atoms with Crippen molar-refractivity contribution in [2.24, 2.45) is 5.92 Å². The van der Waals surface area contributed by atoms with Crippen molar-refractivity contribution in [2.75, 3.05) is 5.08 Å². The largest absolute Gasteiger partial charge is 0.285 e. The fourth-order valence-electron chi connectivity index (χ4n) is 1.05. The lowest BCUT2D eigenvalue weighted by atomic mass is 10.1. The third-order valence-corrected chi connectivity index (χ3v) is 4.60. The summed E-state index contributed by atoms with van der Waals surface area (Å²) < 4.78 is 56.1. The highest BCUT2D eigenvalue weighted by molar-refractivity contribution is 8.03. The van der Waals surface area contributed by atoms with Crippen LogP contribution in [-0.4, -0.2) is 32.6 Å². The molecule has 0 aliphatic rings. The molecular weight excluding hydrogens is 244 g/mol. The predicted molar refractivity (Wildman–Crippen MR) is 55.3 cm³/mol. The zero-order valence-electron chi connectivity index (χ0n) is 8.87. The first-order valence-electron chi connectivity index (χ1n) is 4.43. The second-order valence-corrected chi connectivity index (χ2v) is 6.96. The van der Waals surface area contributed by atoms with Crippen LogP contribution in [0.1, 0.15) is 27.2 Å². The Hall–Kier alpha value is -0.180. The maximum absolute atomic E-state index is 11.2. The van der Waals surface area contributed by atoms with Gasteiger partial charge in [-0.15, -0.1) is 0 Å². The molecule has 0 heterocycles. The first-order chi connectivity index (χ1) is 6.57. The van der Waals surface area contributed by atoms with E-state index in [1.54, 1.807) is 20.8 Å². The van der Waals surface area contributed by atoms with E-state index in [4.69, 9.17) is 4.55 Å². The number of rotatable bonds is 6. The Morgan fingerprint density at radius 3 is 1.93 bits per heavy atom. The summed E-state index contributed by atoms with van der Waals surface area (Å²) in [6.45, 7) is 5.25. The molecule has 0 aliphatic heterocycles. The maximum Gasteiger partial charge on any atom is 0.284 e. The minimum Gasteiger partial charge on any atom is -0.285 e. The summed E-state index contributed by atoms with van der Waals surface area (Å²) in [5.74, 6) is -0.0498. The van der Waals surface area contributed by atoms with Crippen molar-refractivity contribution in [1.82, 2.24) is 0 Å². The molecule has 1 atom stereocenters. The molecule has 0 bridgehead atoms. The van der Waals surface area contributed by atoms with Crippen LogP contribution < -0.4 is 0 Å². The van der Waals surface area contributed by atoms with Gasteiger partial charge in [-0.1, -0.05) is 20.8 Å². The van der Waals surface area contributed by atoms with Gasteiger partial charge in [-0.2, -0.15) is 16.8 Å². The van der Waals surface area contributed by atoms with Gasteiger partial charge in [0.25, 0.3) is 20.2 Å². The highest BCUT2D eigenvalue weighted by Crippen LogP contribution is 2.14. The Balaban J connectivity index is 4.65. The summed E-state index contributed by atoms with van der Waals surface area (Å²) in [5, 5.41) is -1.40. The third kappa shape index (κ3) is 6.82. The van der Waals surface area contributed by atoms with Crippen LogP contribution >= 0.6 is 0 Å². The molecule has 1 N–H and O–H groups in total. The summed E-state index contributed by atoms with van der Waals surface area (Å²) in [7, 11) is -8.81. The van der Waals surface area contributed by atoms with E-state index in [-0.39, 0.29) is 5.92 Å². The lowest BCUT2D eigenvalue weighted by molar-refractivity contribution is 0.156. The van der Waals surface area contributed by atoms with Gasteiger partial charge in [0.2, 0.25) is 5.08 Å². The minimum absolute atomic E-state index is 0.0498. The third-order valence-electron chi connectivity index (χ3n) is 1.71. The van der Waals surface area contributed by atoms with Crippen LogP contribution in [0.25, 0.3) is 0 Å². The van der Waals surface area contributed by atoms with Gasteiger partial charge in [0.15, 0.2) is 0 Å². The van der Waals surface area contributed by atoms with Crippen LogP contribution in [0.2, 0.25) is 0 Å². The fourth-order valence-corrected chi connectivity index (χ4v) is 3.47. The van der Waals surface area contributed by atoms with Gasteiger partial charge in [-0.05, 0) is 12.3 Å². The van der Waals surface area contributed by atoms with E-state index < -0.39 is 31.4 Å². The molecule has 0 radical (unpaired) electrons. The Bertz CT molecular complexity index is 380. The topological polar surface area (TPSA) is 97.7 Å². The van der Waals surface area contributed by atoms with Crippen molar-refractivity contribution in [1.29, 1.82) is 0 Å². The van der Waals surface area contributed by atoms with E-state index in [1.807, 2.05) is 0 Å². The van der Waals surface area contributed by atoms with Crippen LogP contribution in [-0.2, 0) is 24.4 Å². The Labute approximate surface area is 90.5 Å². The molecule has 0 aromatic carbocycles. The van der Waals surface area contributed by atoms with Crippen molar-refractivity contribution in [3.63, 3.8) is 0 Å². The van der Waals surface area contributed by atoms with Gasteiger partial charge < -0.3 is 0 Å². The van der Waals surface area contributed by atoms with Gasteiger partial charge in [0.05, 0.1) is 6.10 Å². The summed E-state index contributed by atoms with van der Waals surface area (Å²) >= 11 is 0. The van der Waals surface area contributed by atoms with E-state index in [0.29, 0.717) is 6.42 Å². The summed E-state index contributed by atoms with van der Waals surface area (Å²) in [4.78, 5) is 0. The van der Waals surface area contributed by atoms with Crippen molar-refractivity contribution in [3.8, 4) is 0 Å². The summed E-state index contributed by atoms with van der Waals surface area (Å²) in [5.41, 5.74) is 0. The molecule has 0 amide bonds. The second kappa shape index (κ2) is 5.24. The standard InChI is InChI=1S/C7H16O6S2/c1-4-7(6(2)3)13-15(11,12)5-14(8,9)10/h6-7H,4-5H2,1-3H3,(H,8,9,10). The van der Waals surface area contributed by atoms with Crippen molar-refractivity contribution >= 4 is 20.2 Å². The highest BCUT2D eigenvalue weighted by Gasteiger charge is 2.25. The molecule has 1 unspecified atom stereocenters. The smallest absolute Gasteiger partial charge is 0.284 e. The van der Waals surface area contributed by atoms with E-state index in [0.717, 1.165) is 0 Å². The molecule has 0 aromatic rings. The predicted octanol–water partition coefficient (Wildman–Crippen LogP) is 0.613. The van der Waals surface area contributed by atoms with Crippen LogP contribution in [0, 0.1) is 5.92 Å². The van der Waals surface area contributed by atoms with Gasteiger partial charge in [-0.3, -0.25) is 8.74 Å². The summed E-state index contributed by atoms with van der Waals surface area (Å²) in [6.07, 6.45) is -0.126. The molecule has 8 heteroatoms. The average Bonchev–Trinajstić information content (AvgIpc) is 1.94. The number of hydrogen-bond donors (Lipinski definition) is 1. The van der Waals surface area contributed by atoms with Crippen molar-refractivity contribution < 1.29 is 25.6 Å². The highest BCUT2D eigenvalue weighted by atomic mass is 32.3. The van der Waals surface area contributed by atoms with E-state index >= 15 is 0 Å². The average molecular weight is 260 g/mol. The molecule has 0 aromatic heterocycles. The van der Waals surface area contributed by atoms with Crippen molar-refractivity contribution in [3.05, 3.63) is 0 Å². The first-order valence-corrected chi connectivity index (χ1v) is 7.62. The lowest BCUT2D eigenvalue weighted by Gasteiger charge is -2.18. The molecule has 15 heavy (non-hydrogen) atoms. The van der Waals surface area contributed by atoms with Crippen LogP contribution in [0.3, 0.4) is 0 Å². The zero-order chi connectivity index (χ0) is 12.3. The van der Waals surface area contributed by atoms with E-state index in [1.165, 1.54) is 0 Å². The van der Waals surface area contributed by atoms with Gasteiger partial charge >= 0.3 is 0 Å². The molecule has 0 fully saturated rings. The Morgan fingerprint density at radius 1 is 1.20 bits per heavy atom. The summed E-state index contributed by atoms with van der Waals surface area (Å²) in [6, 6.07) is 0. The minimum atomic E-state index is -4.57. The second-order valence-electron chi connectivity index (χ2n) is 3.54. The maximum atomic E-state index is 11.2. The quantitative estimate of drug-likeness (QED) is 0.555. The molecular formula is C7H16O6S2. The van der Waals surface area contributed by atoms with Gasteiger partial charge in [0.1, 0.15) is 0 Å². The molecule has 92 valence electrons. The Morgan fingerprint density at radius 2 is 1.67 bits per heavy atom. The lowest BCUT2D eigenvalue weighted by Crippen LogP contribution is -2.27. The Kier molecular flexibility index (Phi) is 5.18. The monoisotopic (exact) mass is 260 g/mol. The SMILES string of the molecule is CCC(OS(=O)(=O)CS(=O)(=O)O)C(C)C. The van der Waals surface area contributed by atoms with Crippen LogP contribution in [0.5, 0.6) is 0 Å². The fraction of sp³-hybridized carbons (Fsp3) is 1.00. The molecule has 0 saturated carbocycles. The van der Waals surface area contributed by atoms with Crippen LogP contribution in [0.4, 0.5) is 0 Å². The molecule has 0 spiro atoms. The zero-order valence-corrected chi connectivity index (χ0v) is 10.5. The normalized spacial score (nSPS) is 15.5. The van der Waals surface area contributed by atoms with Gasteiger partial charge in [0, 0.05) is 0 Å². The molecule has 0 rings (SSSR count). The molecule has 0 saturated heterocycles. The van der Waals surface area contributed by atoms with E-state index in [2.05, 4.69) is 4.18 Å². The molecule has 6 nitrogen and oxygen atoms in total. The van der Waals surface area contributed by atoms with Crippen molar-refractivity contribution in [2.45, 2.75) is 33.3 Å². The van der Waals surface area contributed by atoms with E-state index in [9.17, 15) is 16.8 Å². The molecule has 0 aliphatic carbocycles. The number of hydrogen-bond acceptors (Lipinski definition) is 5. The van der Waals surface area contributed by atoms with Gasteiger partial charge in [-0.25, -0.2) is 0 Å².